The highest BCUT2D eigenvalue weighted by Crippen LogP contribution is 2.19. The number of alkyl halides is 1. The Morgan fingerprint density at radius 3 is 2.05 bits per heavy atom. The van der Waals surface area contributed by atoms with E-state index in [-0.39, 0.29) is 17.0 Å². The summed E-state index contributed by atoms with van der Waals surface area (Å²) in [6, 6.07) is 21.3. The minimum atomic E-state index is 0. The molecule has 2 rings (SSSR count). The van der Waals surface area contributed by atoms with Gasteiger partial charge in [-0.3, -0.25) is 0 Å². The van der Waals surface area contributed by atoms with E-state index in [1.807, 2.05) is 0 Å². The van der Waals surface area contributed by atoms with Crippen LogP contribution in [0.2, 0.25) is 0 Å². The highest BCUT2D eigenvalue weighted by Gasteiger charge is 2.12. The molecule has 0 saturated carbocycles. The van der Waals surface area contributed by atoms with Gasteiger partial charge in [-0.1, -0.05) is 76.6 Å². The van der Waals surface area contributed by atoms with Crippen LogP contribution in [0, 0.1) is 0 Å². The van der Waals surface area contributed by atoms with Crippen LogP contribution in [0.1, 0.15) is 17.0 Å². The summed E-state index contributed by atoms with van der Waals surface area (Å²) in [5, 5.41) is 0.996. The lowest BCUT2D eigenvalue weighted by Crippen LogP contribution is -2.25. The molecule has 0 heterocycles. The molecule has 0 fully saturated rings. The first-order valence-electron chi connectivity index (χ1n) is 6.63. The Kier molecular flexibility index (Phi) is 8.12. The monoisotopic (exact) mass is 397 g/mol. The first kappa shape index (κ1) is 17.4. The quantitative estimate of drug-likeness (QED) is 0.627. The topological polar surface area (TPSA) is 3.24 Å². The SMILES string of the molecule is Br.CN(Cc1ccccc1)CC(CBr)c1ccccc1. The first-order chi connectivity index (χ1) is 9.29. The molecule has 2 aromatic carbocycles. The maximum absolute atomic E-state index is 3.64. The summed E-state index contributed by atoms with van der Waals surface area (Å²) in [6.45, 7) is 2.06. The van der Waals surface area contributed by atoms with Crippen molar-refractivity contribution >= 4 is 32.9 Å². The largest absolute Gasteiger partial charge is 0.301 e. The predicted octanol–water partition coefficient (Wildman–Crippen LogP) is 4.88. The summed E-state index contributed by atoms with van der Waals surface area (Å²) in [7, 11) is 2.19. The lowest BCUT2D eigenvalue weighted by molar-refractivity contribution is 0.311. The zero-order valence-corrected chi connectivity index (χ0v) is 15.0. The van der Waals surface area contributed by atoms with Gasteiger partial charge in [-0.15, -0.1) is 17.0 Å². The molecule has 0 saturated heterocycles. The molecule has 1 atom stereocenters. The summed E-state index contributed by atoms with van der Waals surface area (Å²) in [5.74, 6) is 0.537. The van der Waals surface area contributed by atoms with Gasteiger partial charge in [0.15, 0.2) is 0 Å². The van der Waals surface area contributed by atoms with E-state index >= 15 is 0 Å². The molecule has 20 heavy (non-hydrogen) atoms. The zero-order valence-electron chi connectivity index (χ0n) is 11.7. The molecule has 0 aliphatic heterocycles. The Balaban J connectivity index is 0.00000200. The maximum Gasteiger partial charge on any atom is 0.0230 e. The molecule has 1 unspecified atom stereocenters. The van der Waals surface area contributed by atoms with E-state index in [0.29, 0.717) is 5.92 Å². The third-order valence-corrected chi connectivity index (χ3v) is 4.07. The van der Waals surface area contributed by atoms with Crippen LogP contribution in [0.3, 0.4) is 0 Å². The highest BCUT2D eigenvalue weighted by molar-refractivity contribution is 9.09. The number of hydrogen-bond donors (Lipinski definition) is 0. The van der Waals surface area contributed by atoms with Gasteiger partial charge in [0.25, 0.3) is 0 Å². The van der Waals surface area contributed by atoms with Gasteiger partial charge in [0.05, 0.1) is 0 Å². The van der Waals surface area contributed by atoms with E-state index < -0.39 is 0 Å². The van der Waals surface area contributed by atoms with E-state index in [4.69, 9.17) is 0 Å². The standard InChI is InChI=1S/C17H20BrN.BrH/c1-19(13-15-8-4-2-5-9-15)14-17(12-18)16-10-6-3-7-11-16;/h2-11,17H,12-14H2,1H3;1H. The van der Waals surface area contributed by atoms with Crippen LogP contribution in [0.4, 0.5) is 0 Å². The third kappa shape index (κ3) is 5.39. The van der Waals surface area contributed by atoms with Gasteiger partial charge in [0, 0.05) is 24.3 Å². The highest BCUT2D eigenvalue weighted by atomic mass is 79.9. The summed E-state index contributed by atoms with van der Waals surface area (Å²) in [5.41, 5.74) is 2.77. The molecule has 0 radical (unpaired) electrons. The van der Waals surface area contributed by atoms with Crippen molar-refractivity contribution in [3.8, 4) is 0 Å². The number of likely N-dealkylation sites (N-methyl/N-ethyl adjacent to an activating group) is 1. The van der Waals surface area contributed by atoms with Gasteiger partial charge in [-0.25, -0.2) is 0 Å². The third-order valence-electron chi connectivity index (χ3n) is 3.28. The van der Waals surface area contributed by atoms with Crippen LogP contribution in [0.25, 0.3) is 0 Å². The van der Waals surface area contributed by atoms with Crippen molar-refractivity contribution in [2.24, 2.45) is 0 Å². The average molecular weight is 399 g/mol. The minimum Gasteiger partial charge on any atom is -0.301 e. The van der Waals surface area contributed by atoms with Gasteiger partial charge >= 0.3 is 0 Å². The van der Waals surface area contributed by atoms with Crippen molar-refractivity contribution in [2.45, 2.75) is 12.5 Å². The van der Waals surface area contributed by atoms with Crippen molar-refractivity contribution in [1.29, 1.82) is 0 Å². The molecule has 108 valence electrons. The summed E-state index contributed by atoms with van der Waals surface area (Å²) in [4.78, 5) is 2.38. The fraction of sp³-hybridized carbons (Fsp3) is 0.294. The lowest BCUT2D eigenvalue weighted by Gasteiger charge is -2.23. The van der Waals surface area contributed by atoms with Gasteiger partial charge < -0.3 is 4.90 Å². The Morgan fingerprint density at radius 1 is 0.950 bits per heavy atom. The fourth-order valence-electron chi connectivity index (χ4n) is 2.30. The van der Waals surface area contributed by atoms with Crippen molar-refractivity contribution in [3.05, 3.63) is 71.8 Å². The van der Waals surface area contributed by atoms with Crippen LogP contribution in [0.5, 0.6) is 0 Å². The van der Waals surface area contributed by atoms with Gasteiger partial charge in [-0.2, -0.15) is 0 Å². The second-order valence-corrected chi connectivity index (χ2v) is 5.59. The molecular weight excluding hydrogens is 378 g/mol. The first-order valence-corrected chi connectivity index (χ1v) is 7.75. The normalized spacial score (nSPS) is 11.9. The minimum absolute atomic E-state index is 0. The lowest BCUT2D eigenvalue weighted by atomic mass is 10.0. The van der Waals surface area contributed by atoms with Crippen LogP contribution < -0.4 is 0 Å². The van der Waals surface area contributed by atoms with Gasteiger partial charge in [0.1, 0.15) is 0 Å². The molecule has 0 N–H and O–H groups in total. The Labute approximate surface area is 140 Å². The Hall–Kier alpha value is -0.640. The second kappa shape index (κ2) is 9.32. The maximum atomic E-state index is 3.64. The molecule has 0 aliphatic rings. The number of rotatable bonds is 6. The molecule has 0 aromatic heterocycles. The summed E-state index contributed by atoms with van der Waals surface area (Å²) < 4.78 is 0. The smallest absolute Gasteiger partial charge is 0.0230 e. The second-order valence-electron chi connectivity index (χ2n) is 4.94. The van der Waals surface area contributed by atoms with Crippen LogP contribution in [-0.2, 0) is 6.54 Å². The molecule has 3 heteroatoms. The number of benzene rings is 2. The van der Waals surface area contributed by atoms with E-state index in [1.165, 1.54) is 11.1 Å². The van der Waals surface area contributed by atoms with E-state index in [1.54, 1.807) is 0 Å². The molecule has 0 amide bonds. The predicted molar refractivity (Wildman–Crippen MR) is 96.1 cm³/mol. The van der Waals surface area contributed by atoms with Crippen molar-refractivity contribution < 1.29 is 0 Å². The fourth-order valence-corrected chi connectivity index (χ4v) is 2.88. The summed E-state index contributed by atoms with van der Waals surface area (Å²) >= 11 is 3.64. The Bertz CT molecular complexity index is 473. The molecule has 0 bridgehead atoms. The van der Waals surface area contributed by atoms with Crippen LogP contribution in [-0.4, -0.2) is 23.8 Å². The van der Waals surface area contributed by atoms with Crippen LogP contribution in [0.15, 0.2) is 60.7 Å². The van der Waals surface area contributed by atoms with Crippen molar-refractivity contribution in [1.82, 2.24) is 4.90 Å². The Morgan fingerprint density at radius 2 is 1.50 bits per heavy atom. The molecule has 2 aromatic rings. The number of hydrogen-bond acceptors (Lipinski definition) is 1. The molecule has 0 spiro atoms. The zero-order chi connectivity index (χ0) is 13.5. The van der Waals surface area contributed by atoms with E-state index in [9.17, 15) is 0 Å². The molecular formula is C17H21Br2N. The van der Waals surface area contributed by atoms with E-state index in [0.717, 1.165) is 18.4 Å². The average Bonchev–Trinajstić information content (AvgIpc) is 2.47. The molecule has 1 nitrogen and oxygen atoms in total. The number of nitrogens with zero attached hydrogens (tertiary/aromatic N) is 1. The molecule has 0 aliphatic carbocycles. The van der Waals surface area contributed by atoms with Gasteiger partial charge in [0.2, 0.25) is 0 Å². The summed E-state index contributed by atoms with van der Waals surface area (Å²) in [6.07, 6.45) is 0. The van der Waals surface area contributed by atoms with Crippen molar-refractivity contribution in [2.75, 3.05) is 18.9 Å². The van der Waals surface area contributed by atoms with Crippen LogP contribution >= 0.6 is 32.9 Å². The number of halogens is 2. The van der Waals surface area contributed by atoms with Gasteiger partial charge in [-0.05, 0) is 18.2 Å². The van der Waals surface area contributed by atoms with E-state index in [2.05, 4.69) is 88.5 Å². The van der Waals surface area contributed by atoms with Crippen molar-refractivity contribution in [3.63, 3.8) is 0 Å².